The van der Waals surface area contributed by atoms with E-state index in [1.54, 1.807) is 6.92 Å². The number of carboxylic acid groups (broad SMARTS) is 1. The van der Waals surface area contributed by atoms with E-state index in [4.69, 9.17) is 21.0 Å². The third kappa shape index (κ3) is 6.64. The number of hydrogen-bond acceptors (Lipinski definition) is 5. The van der Waals surface area contributed by atoms with E-state index >= 15 is 0 Å². The van der Waals surface area contributed by atoms with Crippen LogP contribution >= 0.6 is 0 Å². The van der Waals surface area contributed by atoms with Crippen molar-refractivity contribution < 1.29 is 19.4 Å². The zero-order chi connectivity index (χ0) is 14.1. The van der Waals surface area contributed by atoms with Crippen molar-refractivity contribution in [2.75, 3.05) is 13.2 Å². The van der Waals surface area contributed by atoms with Crippen molar-refractivity contribution >= 4 is 18.1 Å². The summed E-state index contributed by atoms with van der Waals surface area (Å²) in [6.45, 7) is 3.71. The van der Waals surface area contributed by atoms with Crippen molar-refractivity contribution in [2.24, 2.45) is 5.73 Å². The van der Waals surface area contributed by atoms with E-state index in [0.29, 0.717) is 5.70 Å². The van der Waals surface area contributed by atoms with Crippen molar-refractivity contribution in [2.45, 2.75) is 26.3 Å². The Balaban J connectivity index is 4.17. The first-order valence-corrected chi connectivity index (χ1v) is 5.45. The number of ether oxygens (including phenoxy) is 1. The molecule has 0 spiro atoms. The Labute approximate surface area is 106 Å². The fourth-order valence-electron chi connectivity index (χ4n) is 1.12. The maximum absolute atomic E-state index is 10.9. The number of primary amides is 1. The largest absolute Gasteiger partial charge is 0.481 e. The molecule has 102 valence electrons. The maximum atomic E-state index is 10.9. The summed E-state index contributed by atoms with van der Waals surface area (Å²) in [7, 11) is 0. The lowest BCUT2D eigenvalue weighted by molar-refractivity contribution is -0.138. The van der Waals surface area contributed by atoms with E-state index in [1.807, 2.05) is 0 Å². The Morgan fingerprint density at radius 3 is 2.61 bits per heavy atom. The molecule has 0 aliphatic rings. The van der Waals surface area contributed by atoms with E-state index in [9.17, 15) is 9.59 Å². The lowest BCUT2D eigenvalue weighted by atomic mass is 10.2. The number of aliphatic carboxylic acids is 1. The van der Waals surface area contributed by atoms with Gasteiger partial charge in [0.15, 0.2) is 0 Å². The maximum Gasteiger partial charge on any atom is 0.305 e. The molecule has 7 nitrogen and oxygen atoms in total. The standard InChI is InChI=1S/C11H19N3O4/c1-7(6-18-4-3-10(15)16)14-9(5-12)8(2)11(13)17/h5,7,12,14H,3-4,6H2,1-2H3,(H2,13,17)(H,15,16)/b9-8+,12-5?/t7-/m0/s1. The van der Waals surface area contributed by atoms with Gasteiger partial charge in [0, 0.05) is 17.8 Å². The molecule has 0 aromatic heterocycles. The third-order valence-corrected chi connectivity index (χ3v) is 2.15. The summed E-state index contributed by atoms with van der Waals surface area (Å²) < 4.78 is 5.13. The Bertz CT molecular complexity index is 352. The molecule has 0 saturated heterocycles. The van der Waals surface area contributed by atoms with Crippen LogP contribution in [0.15, 0.2) is 11.3 Å². The molecule has 0 radical (unpaired) electrons. The highest BCUT2D eigenvalue weighted by molar-refractivity contribution is 5.97. The smallest absolute Gasteiger partial charge is 0.305 e. The van der Waals surface area contributed by atoms with Crippen LogP contribution in [0.25, 0.3) is 0 Å². The minimum absolute atomic E-state index is 0.0553. The number of carbonyl (C=O) groups excluding carboxylic acids is 1. The minimum Gasteiger partial charge on any atom is -0.481 e. The van der Waals surface area contributed by atoms with Gasteiger partial charge in [0.2, 0.25) is 5.91 Å². The van der Waals surface area contributed by atoms with E-state index in [1.165, 1.54) is 6.92 Å². The molecule has 0 aromatic rings. The van der Waals surface area contributed by atoms with Gasteiger partial charge >= 0.3 is 5.97 Å². The second-order valence-electron chi connectivity index (χ2n) is 3.81. The number of carboxylic acids is 1. The second-order valence-corrected chi connectivity index (χ2v) is 3.81. The molecular weight excluding hydrogens is 238 g/mol. The average Bonchev–Trinajstić information content (AvgIpc) is 2.30. The molecule has 0 aromatic carbocycles. The summed E-state index contributed by atoms with van der Waals surface area (Å²) in [5, 5.41) is 18.5. The molecule has 0 rings (SSSR count). The van der Waals surface area contributed by atoms with E-state index < -0.39 is 11.9 Å². The van der Waals surface area contributed by atoms with Crippen molar-refractivity contribution in [3.05, 3.63) is 11.3 Å². The number of nitrogens with two attached hydrogens (primary N) is 1. The summed E-state index contributed by atoms with van der Waals surface area (Å²) in [5.41, 5.74) is 5.70. The zero-order valence-corrected chi connectivity index (χ0v) is 10.5. The van der Waals surface area contributed by atoms with Crippen LogP contribution < -0.4 is 11.1 Å². The topological polar surface area (TPSA) is 126 Å². The zero-order valence-electron chi connectivity index (χ0n) is 10.5. The van der Waals surface area contributed by atoms with Crippen LogP contribution in [0.4, 0.5) is 0 Å². The fraction of sp³-hybridized carbons (Fsp3) is 0.545. The highest BCUT2D eigenvalue weighted by Crippen LogP contribution is 1.99. The number of amides is 1. The highest BCUT2D eigenvalue weighted by atomic mass is 16.5. The molecule has 0 bridgehead atoms. The first-order chi connectivity index (χ1) is 8.38. The van der Waals surface area contributed by atoms with Crippen LogP contribution in [0.2, 0.25) is 0 Å². The van der Waals surface area contributed by atoms with Gasteiger partial charge in [0.1, 0.15) is 0 Å². The molecule has 0 saturated carbocycles. The van der Waals surface area contributed by atoms with Crippen LogP contribution in [0.3, 0.4) is 0 Å². The molecular formula is C11H19N3O4. The molecule has 0 aliphatic carbocycles. The van der Waals surface area contributed by atoms with Crippen molar-refractivity contribution in [3.8, 4) is 0 Å². The first kappa shape index (κ1) is 16.1. The van der Waals surface area contributed by atoms with Gasteiger partial charge in [-0.15, -0.1) is 0 Å². The molecule has 0 fully saturated rings. The molecule has 5 N–H and O–H groups in total. The molecule has 1 amide bonds. The first-order valence-electron chi connectivity index (χ1n) is 5.45. The number of rotatable bonds is 9. The number of hydrogen-bond donors (Lipinski definition) is 4. The lowest BCUT2D eigenvalue weighted by Crippen LogP contribution is -2.33. The molecule has 7 heteroatoms. The van der Waals surface area contributed by atoms with Gasteiger partial charge in [-0.05, 0) is 13.8 Å². The van der Waals surface area contributed by atoms with Crippen LogP contribution in [0.5, 0.6) is 0 Å². The minimum atomic E-state index is -0.916. The quantitative estimate of drug-likeness (QED) is 0.260. The summed E-state index contributed by atoms with van der Waals surface area (Å²) in [6.07, 6.45) is 0.953. The summed E-state index contributed by atoms with van der Waals surface area (Å²) in [5.74, 6) is -1.51. The van der Waals surface area contributed by atoms with Crippen LogP contribution in [-0.4, -0.2) is 42.5 Å². The van der Waals surface area contributed by atoms with E-state index in [-0.39, 0.29) is 31.2 Å². The lowest BCUT2D eigenvalue weighted by Gasteiger charge is -2.16. The van der Waals surface area contributed by atoms with Crippen molar-refractivity contribution in [3.63, 3.8) is 0 Å². The number of carbonyl (C=O) groups is 2. The Morgan fingerprint density at radius 1 is 1.56 bits per heavy atom. The number of nitrogens with one attached hydrogen (secondary N) is 2. The van der Waals surface area contributed by atoms with Gasteiger partial charge in [-0.2, -0.15) is 0 Å². The molecule has 0 heterocycles. The molecule has 18 heavy (non-hydrogen) atoms. The van der Waals surface area contributed by atoms with Gasteiger partial charge in [0.05, 0.1) is 25.3 Å². The Morgan fingerprint density at radius 2 is 2.17 bits per heavy atom. The third-order valence-electron chi connectivity index (χ3n) is 2.15. The van der Waals surface area contributed by atoms with Crippen LogP contribution in [0, 0.1) is 5.41 Å². The van der Waals surface area contributed by atoms with Gasteiger partial charge < -0.3 is 26.3 Å². The second kappa shape index (κ2) is 8.24. The summed E-state index contributed by atoms with van der Waals surface area (Å²) >= 11 is 0. The molecule has 1 atom stereocenters. The SMILES string of the molecule is C/C(C(N)=O)=C(/C=N)N[C@@H](C)COCCC(=O)O. The number of allylic oxidation sites excluding steroid dienone is 1. The summed E-state index contributed by atoms with van der Waals surface area (Å²) in [4.78, 5) is 21.2. The molecule has 0 aliphatic heterocycles. The van der Waals surface area contributed by atoms with Crippen molar-refractivity contribution in [1.82, 2.24) is 5.32 Å². The summed E-state index contributed by atoms with van der Waals surface area (Å²) in [6, 6.07) is -0.162. The Hall–Kier alpha value is -1.89. The van der Waals surface area contributed by atoms with Gasteiger partial charge in [-0.25, -0.2) is 0 Å². The molecule has 0 unspecified atom stereocenters. The normalized spacial score (nSPS) is 13.4. The van der Waals surface area contributed by atoms with E-state index in [2.05, 4.69) is 5.32 Å². The predicted molar refractivity (Wildman–Crippen MR) is 66.3 cm³/mol. The van der Waals surface area contributed by atoms with Crippen LogP contribution in [0.1, 0.15) is 20.3 Å². The van der Waals surface area contributed by atoms with Crippen molar-refractivity contribution in [1.29, 1.82) is 5.41 Å². The van der Waals surface area contributed by atoms with Gasteiger partial charge in [-0.3, -0.25) is 9.59 Å². The van der Waals surface area contributed by atoms with Crippen LogP contribution in [-0.2, 0) is 14.3 Å². The average molecular weight is 257 g/mol. The van der Waals surface area contributed by atoms with E-state index in [0.717, 1.165) is 6.21 Å². The predicted octanol–water partition coefficient (Wildman–Crippen LogP) is -0.135. The fourth-order valence-corrected chi connectivity index (χ4v) is 1.12. The van der Waals surface area contributed by atoms with Gasteiger partial charge in [0.25, 0.3) is 0 Å². The highest BCUT2D eigenvalue weighted by Gasteiger charge is 2.09. The monoisotopic (exact) mass is 257 g/mol. The van der Waals surface area contributed by atoms with Gasteiger partial charge in [-0.1, -0.05) is 0 Å². The Kier molecular flexibility index (Phi) is 7.37.